The molecule has 0 radical (unpaired) electrons. The van der Waals surface area contributed by atoms with E-state index in [1.165, 1.54) is 0 Å². The second-order valence-corrected chi connectivity index (χ2v) is 8.00. The minimum absolute atomic E-state index is 0.0365. The van der Waals surface area contributed by atoms with Crippen molar-refractivity contribution in [1.29, 1.82) is 0 Å². The fourth-order valence-corrected chi connectivity index (χ4v) is 4.15. The van der Waals surface area contributed by atoms with Crippen LogP contribution in [-0.4, -0.2) is 25.7 Å². The van der Waals surface area contributed by atoms with Gasteiger partial charge in [-0.15, -0.1) is 0 Å². The van der Waals surface area contributed by atoms with Gasteiger partial charge in [0, 0.05) is 0 Å². The van der Waals surface area contributed by atoms with Crippen LogP contribution in [0.1, 0.15) is 15.9 Å². The predicted octanol–water partition coefficient (Wildman–Crippen LogP) is 4.46. The number of para-hydroxylation sites is 1. The van der Waals surface area contributed by atoms with Crippen molar-refractivity contribution in [2.45, 2.75) is 6.92 Å². The van der Waals surface area contributed by atoms with Gasteiger partial charge in [-0.2, -0.15) is 0 Å². The molecular formula is C21H19NO4S. The number of carbonyl (C=O) groups is 1. The molecule has 27 heavy (non-hydrogen) atoms. The SMILES string of the molecule is Cc1c(-c2ccccc2)ccc(N(c2ccccc2)S(C)(=O)=O)c1C(=O)O. The highest BCUT2D eigenvalue weighted by Gasteiger charge is 2.27. The van der Waals surface area contributed by atoms with E-state index in [1.54, 1.807) is 49.4 Å². The number of hydrogen-bond donors (Lipinski definition) is 1. The third-order valence-corrected chi connectivity index (χ3v) is 5.35. The molecule has 0 aliphatic carbocycles. The largest absolute Gasteiger partial charge is 0.478 e. The number of hydrogen-bond acceptors (Lipinski definition) is 3. The molecule has 0 heterocycles. The summed E-state index contributed by atoms with van der Waals surface area (Å²) in [4.78, 5) is 12.1. The molecule has 0 saturated carbocycles. The number of anilines is 2. The summed E-state index contributed by atoms with van der Waals surface area (Å²) >= 11 is 0. The van der Waals surface area contributed by atoms with E-state index in [9.17, 15) is 18.3 Å². The number of nitrogens with zero attached hydrogens (tertiary/aromatic N) is 1. The lowest BCUT2D eigenvalue weighted by molar-refractivity contribution is 0.0697. The first-order chi connectivity index (χ1) is 12.8. The lowest BCUT2D eigenvalue weighted by Crippen LogP contribution is -2.27. The molecule has 0 aromatic heterocycles. The third kappa shape index (κ3) is 3.71. The molecule has 3 aromatic rings. The van der Waals surface area contributed by atoms with Crippen molar-refractivity contribution in [2.75, 3.05) is 10.6 Å². The summed E-state index contributed by atoms with van der Waals surface area (Å²) in [7, 11) is -3.75. The van der Waals surface area contributed by atoms with Crippen molar-refractivity contribution >= 4 is 27.4 Å². The lowest BCUT2D eigenvalue weighted by atomic mass is 9.95. The van der Waals surface area contributed by atoms with Crippen molar-refractivity contribution in [3.05, 3.63) is 83.9 Å². The quantitative estimate of drug-likeness (QED) is 0.708. The molecule has 0 atom stereocenters. The Kier molecular flexibility index (Phi) is 5.01. The van der Waals surface area contributed by atoms with Crippen molar-refractivity contribution in [2.24, 2.45) is 0 Å². The Hall–Kier alpha value is -3.12. The van der Waals surface area contributed by atoms with Gasteiger partial charge in [0.1, 0.15) is 0 Å². The molecule has 0 amide bonds. The van der Waals surface area contributed by atoms with Crippen LogP contribution in [0, 0.1) is 6.92 Å². The van der Waals surface area contributed by atoms with Gasteiger partial charge in [-0.3, -0.25) is 0 Å². The van der Waals surface area contributed by atoms with Crippen LogP contribution >= 0.6 is 0 Å². The van der Waals surface area contributed by atoms with Crippen LogP contribution in [-0.2, 0) is 10.0 Å². The monoisotopic (exact) mass is 381 g/mol. The van der Waals surface area contributed by atoms with Gasteiger partial charge in [0.2, 0.25) is 10.0 Å². The van der Waals surface area contributed by atoms with E-state index in [0.29, 0.717) is 11.3 Å². The van der Waals surface area contributed by atoms with Crippen molar-refractivity contribution < 1.29 is 18.3 Å². The topological polar surface area (TPSA) is 74.7 Å². The van der Waals surface area contributed by atoms with Gasteiger partial charge in [-0.25, -0.2) is 17.5 Å². The standard InChI is InChI=1S/C21H19NO4S/c1-15-18(16-9-5-3-6-10-16)13-14-19(20(15)21(23)24)22(27(2,25)26)17-11-7-4-8-12-17/h3-14H,1-2H3,(H,23,24). The second kappa shape index (κ2) is 7.25. The molecule has 6 heteroatoms. The van der Waals surface area contributed by atoms with Crippen LogP contribution in [0.4, 0.5) is 11.4 Å². The molecule has 0 unspecified atom stereocenters. The fourth-order valence-electron chi connectivity index (χ4n) is 3.14. The molecule has 1 N–H and O–H groups in total. The normalized spacial score (nSPS) is 11.2. The first kappa shape index (κ1) is 18.7. The smallest absolute Gasteiger partial charge is 0.338 e. The number of benzene rings is 3. The zero-order chi connectivity index (χ0) is 19.6. The average molecular weight is 381 g/mol. The highest BCUT2D eigenvalue weighted by atomic mass is 32.2. The maximum atomic E-state index is 12.5. The lowest BCUT2D eigenvalue weighted by Gasteiger charge is -2.25. The van der Waals surface area contributed by atoms with Gasteiger partial charge in [0.15, 0.2) is 0 Å². The van der Waals surface area contributed by atoms with E-state index in [2.05, 4.69) is 0 Å². The average Bonchev–Trinajstić information content (AvgIpc) is 2.62. The van der Waals surface area contributed by atoms with Crippen LogP contribution in [0.15, 0.2) is 72.8 Å². The molecular weight excluding hydrogens is 362 g/mol. The summed E-state index contributed by atoms with van der Waals surface area (Å²) in [6.07, 6.45) is 1.06. The highest BCUT2D eigenvalue weighted by Crippen LogP contribution is 2.37. The molecule has 0 bridgehead atoms. The molecule has 5 nitrogen and oxygen atoms in total. The summed E-state index contributed by atoms with van der Waals surface area (Å²) in [5.74, 6) is -1.18. The maximum Gasteiger partial charge on any atom is 0.338 e. The Labute approximate surface area is 158 Å². The molecule has 3 aromatic carbocycles. The number of carboxylic acids is 1. The summed E-state index contributed by atoms with van der Waals surface area (Å²) < 4.78 is 26.1. The Morgan fingerprint density at radius 2 is 1.44 bits per heavy atom. The van der Waals surface area contributed by atoms with Crippen molar-refractivity contribution in [3.8, 4) is 11.1 Å². The zero-order valence-corrected chi connectivity index (χ0v) is 15.8. The fraction of sp³-hybridized carbons (Fsp3) is 0.0952. The number of aromatic carboxylic acids is 1. The van der Waals surface area contributed by atoms with Gasteiger partial charge in [0.05, 0.1) is 23.2 Å². The molecule has 138 valence electrons. The van der Waals surface area contributed by atoms with Crippen molar-refractivity contribution in [1.82, 2.24) is 0 Å². The van der Waals surface area contributed by atoms with E-state index >= 15 is 0 Å². The van der Waals surface area contributed by atoms with E-state index in [0.717, 1.165) is 21.7 Å². The van der Waals surface area contributed by atoms with Gasteiger partial charge in [-0.1, -0.05) is 54.6 Å². The molecule has 3 rings (SSSR count). The molecule has 0 aliphatic heterocycles. The molecule has 0 aliphatic rings. The number of sulfonamides is 1. The van der Waals surface area contributed by atoms with Gasteiger partial charge in [0.25, 0.3) is 0 Å². The maximum absolute atomic E-state index is 12.5. The van der Waals surface area contributed by atoms with E-state index in [1.807, 2.05) is 30.3 Å². The van der Waals surface area contributed by atoms with Gasteiger partial charge in [-0.05, 0) is 41.8 Å². The number of carboxylic acid groups (broad SMARTS) is 1. The first-order valence-corrected chi connectivity index (χ1v) is 10.1. The minimum atomic E-state index is -3.75. The van der Waals surface area contributed by atoms with Gasteiger partial charge >= 0.3 is 5.97 Å². The van der Waals surface area contributed by atoms with Gasteiger partial charge < -0.3 is 5.11 Å². The Morgan fingerprint density at radius 1 is 0.889 bits per heavy atom. The first-order valence-electron chi connectivity index (χ1n) is 8.28. The van der Waals surface area contributed by atoms with Crippen molar-refractivity contribution in [3.63, 3.8) is 0 Å². The summed E-state index contributed by atoms with van der Waals surface area (Å²) in [6, 6.07) is 21.2. The Bertz CT molecular complexity index is 1080. The van der Waals surface area contributed by atoms with Crippen LogP contribution in [0.25, 0.3) is 11.1 Å². The summed E-state index contributed by atoms with van der Waals surface area (Å²) in [5, 5.41) is 9.86. The van der Waals surface area contributed by atoms with E-state index < -0.39 is 16.0 Å². The number of rotatable bonds is 5. The molecule has 0 fully saturated rings. The van der Waals surface area contributed by atoms with E-state index in [4.69, 9.17) is 0 Å². The summed E-state index contributed by atoms with van der Waals surface area (Å²) in [6.45, 7) is 1.70. The predicted molar refractivity (Wildman–Crippen MR) is 107 cm³/mol. The minimum Gasteiger partial charge on any atom is -0.478 e. The second-order valence-electron chi connectivity index (χ2n) is 6.17. The van der Waals surface area contributed by atoms with Crippen LogP contribution in [0.3, 0.4) is 0 Å². The van der Waals surface area contributed by atoms with E-state index in [-0.39, 0.29) is 11.3 Å². The Balaban J connectivity index is 2.29. The molecule has 0 spiro atoms. The summed E-state index contributed by atoms with van der Waals surface area (Å²) in [5.41, 5.74) is 2.59. The van der Waals surface area contributed by atoms with Crippen LogP contribution < -0.4 is 4.31 Å². The third-order valence-electron chi connectivity index (χ3n) is 4.28. The van der Waals surface area contributed by atoms with Crippen LogP contribution in [0.2, 0.25) is 0 Å². The highest BCUT2D eigenvalue weighted by molar-refractivity contribution is 7.92. The Morgan fingerprint density at radius 3 is 1.96 bits per heavy atom. The van der Waals surface area contributed by atoms with Crippen LogP contribution in [0.5, 0.6) is 0 Å². The molecule has 0 saturated heterocycles. The zero-order valence-electron chi connectivity index (χ0n) is 15.0.